The van der Waals surface area contributed by atoms with Gasteiger partial charge in [-0.15, -0.1) is 11.3 Å². The summed E-state index contributed by atoms with van der Waals surface area (Å²) < 4.78 is 0.911. The topological polar surface area (TPSA) is 29.1 Å². The number of carbonyl (C=O) groups excluding carboxylic acids is 1. The maximum atomic E-state index is 12.2. The van der Waals surface area contributed by atoms with Crippen LogP contribution in [0.3, 0.4) is 0 Å². The molecule has 6 heteroatoms. The first-order valence-corrected chi connectivity index (χ1v) is 8.18. The Morgan fingerprint density at radius 2 is 2.00 bits per heavy atom. The fourth-order valence-electron chi connectivity index (χ4n) is 1.63. The summed E-state index contributed by atoms with van der Waals surface area (Å²) in [6.45, 7) is 0. The van der Waals surface area contributed by atoms with Crippen LogP contribution in [0.5, 0.6) is 0 Å². The molecule has 100 valence electrons. The van der Waals surface area contributed by atoms with Crippen molar-refractivity contribution in [3.8, 4) is 0 Å². The second-order valence-corrected chi connectivity index (χ2v) is 6.76. The van der Waals surface area contributed by atoms with Crippen molar-refractivity contribution in [2.24, 2.45) is 0 Å². The van der Waals surface area contributed by atoms with Crippen LogP contribution >= 0.6 is 50.5 Å². The van der Waals surface area contributed by atoms with Gasteiger partial charge in [0.05, 0.1) is 15.9 Å². The molecule has 2 rings (SSSR count). The molecule has 0 aliphatic carbocycles. The monoisotopic (exact) mass is 377 g/mol. The third kappa shape index (κ3) is 3.72. The van der Waals surface area contributed by atoms with E-state index in [9.17, 15) is 4.79 Å². The Labute approximate surface area is 133 Å². The Morgan fingerprint density at radius 3 is 2.53 bits per heavy atom. The molecule has 1 aromatic carbocycles. The number of nitrogens with one attached hydrogen (secondary N) is 1. The van der Waals surface area contributed by atoms with Crippen molar-refractivity contribution in [2.45, 2.75) is 6.04 Å². The van der Waals surface area contributed by atoms with Gasteiger partial charge in [0.25, 0.3) is 5.91 Å². The SMILES string of the molecule is O=C(NC(CBr)c1ccccc1)c1cc(Cl)sc1Cl. The van der Waals surface area contributed by atoms with E-state index in [0.717, 1.165) is 5.56 Å². The molecule has 2 nitrogen and oxygen atoms in total. The highest BCUT2D eigenvalue weighted by atomic mass is 79.9. The highest BCUT2D eigenvalue weighted by Gasteiger charge is 2.18. The molecule has 1 amide bonds. The molecule has 1 heterocycles. The van der Waals surface area contributed by atoms with Gasteiger partial charge in [-0.3, -0.25) is 4.79 Å². The zero-order chi connectivity index (χ0) is 13.8. The molecule has 0 radical (unpaired) electrons. The molecule has 0 saturated heterocycles. The van der Waals surface area contributed by atoms with Gasteiger partial charge in [0.1, 0.15) is 4.34 Å². The van der Waals surface area contributed by atoms with Gasteiger partial charge in [-0.25, -0.2) is 0 Å². The predicted molar refractivity (Wildman–Crippen MR) is 84.8 cm³/mol. The van der Waals surface area contributed by atoms with Crippen LogP contribution in [0, 0.1) is 0 Å². The van der Waals surface area contributed by atoms with Crippen LogP contribution in [0.4, 0.5) is 0 Å². The minimum absolute atomic E-state index is 0.108. The summed E-state index contributed by atoms with van der Waals surface area (Å²) in [5, 5.41) is 3.55. The first-order chi connectivity index (χ1) is 9.11. The van der Waals surface area contributed by atoms with Crippen molar-refractivity contribution in [1.82, 2.24) is 5.32 Å². The molecule has 1 atom stereocenters. The summed E-state index contributed by atoms with van der Waals surface area (Å²) >= 11 is 16.4. The molecule has 1 aromatic heterocycles. The van der Waals surface area contributed by atoms with Crippen LogP contribution in [-0.2, 0) is 0 Å². The van der Waals surface area contributed by atoms with Crippen LogP contribution in [0.25, 0.3) is 0 Å². The van der Waals surface area contributed by atoms with Gasteiger partial charge in [-0.1, -0.05) is 69.5 Å². The largest absolute Gasteiger partial charge is 0.344 e. The Hall–Kier alpha value is -0.550. The second kappa shape index (κ2) is 6.75. The maximum absolute atomic E-state index is 12.2. The molecule has 0 fully saturated rings. The number of hydrogen-bond donors (Lipinski definition) is 1. The van der Waals surface area contributed by atoms with Gasteiger partial charge < -0.3 is 5.32 Å². The van der Waals surface area contributed by atoms with Crippen LogP contribution in [0.2, 0.25) is 8.67 Å². The number of halogens is 3. The van der Waals surface area contributed by atoms with Gasteiger partial charge in [-0.2, -0.15) is 0 Å². The first-order valence-electron chi connectivity index (χ1n) is 5.48. The number of hydrogen-bond acceptors (Lipinski definition) is 2. The molecule has 0 bridgehead atoms. The Morgan fingerprint density at radius 1 is 1.32 bits per heavy atom. The number of rotatable bonds is 4. The molecule has 19 heavy (non-hydrogen) atoms. The molecule has 0 spiro atoms. The molecule has 1 N–H and O–H groups in total. The minimum Gasteiger partial charge on any atom is -0.344 e. The van der Waals surface area contributed by atoms with E-state index in [1.807, 2.05) is 30.3 Å². The van der Waals surface area contributed by atoms with E-state index in [1.54, 1.807) is 6.07 Å². The summed E-state index contributed by atoms with van der Waals surface area (Å²) in [5.74, 6) is -0.221. The number of alkyl halides is 1. The van der Waals surface area contributed by atoms with Crippen LogP contribution in [0.1, 0.15) is 22.0 Å². The number of thiophene rings is 1. The molecular weight excluding hydrogens is 369 g/mol. The Balaban J connectivity index is 2.15. The summed E-state index contributed by atoms with van der Waals surface area (Å²) in [5.41, 5.74) is 1.45. The maximum Gasteiger partial charge on any atom is 0.254 e. The second-order valence-electron chi connectivity index (χ2n) is 3.83. The van der Waals surface area contributed by atoms with E-state index in [0.29, 0.717) is 19.6 Å². The van der Waals surface area contributed by atoms with Crippen molar-refractivity contribution in [1.29, 1.82) is 0 Å². The normalized spacial score (nSPS) is 12.2. The van der Waals surface area contributed by atoms with E-state index in [4.69, 9.17) is 23.2 Å². The highest BCUT2D eigenvalue weighted by Crippen LogP contribution is 2.31. The van der Waals surface area contributed by atoms with Gasteiger partial charge in [0.2, 0.25) is 0 Å². The molecular formula is C13H10BrCl2NOS. The van der Waals surface area contributed by atoms with Gasteiger partial charge in [0, 0.05) is 5.33 Å². The molecule has 0 saturated carbocycles. The fraction of sp³-hybridized carbons (Fsp3) is 0.154. The lowest BCUT2D eigenvalue weighted by Gasteiger charge is -2.16. The van der Waals surface area contributed by atoms with Gasteiger partial charge in [0.15, 0.2) is 0 Å². The van der Waals surface area contributed by atoms with E-state index in [2.05, 4.69) is 21.2 Å². The fourth-order valence-corrected chi connectivity index (χ4v) is 3.62. The van der Waals surface area contributed by atoms with E-state index < -0.39 is 0 Å². The zero-order valence-electron chi connectivity index (χ0n) is 9.70. The van der Waals surface area contributed by atoms with Crippen LogP contribution in [-0.4, -0.2) is 11.2 Å². The quantitative estimate of drug-likeness (QED) is 0.751. The zero-order valence-corrected chi connectivity index (χ0v) is 13.6. The lowest BCUT2D eigenvalue weighted by Crippen LogP contribution is -2.29. The smallest absolute Gasteiger partial charge is 0.254 e. The number of benzene rings is 1. The third-order valence-corrected chi connectivity index (χ3v) is 4.70. The van der Waals surface area contributed by atoms with Crippen LogP contribution in [0.15, 0.2) is 36.4 Å². The van der Waals surface area contributed by atoms with E-state index in [1.165, 1.54) is 11.3 Å². The van der Waals surface area contributed by atoms with E-state index >= 15 is 0 Å². The predicted octanol–water partition coefficient (Wildman–Crippen LogP) is 4.92. The lowest BCUT2D eigenvalue weighted by molar-refractivity contribution is 0.0941. The van der Waals surface area contributed by atoms with Crippen molar-refractivity contribution in [2.75, 3.05) is 5.33 Å². The summed E-state index contributed by atoms with van der Waals surface area (Å²) in [6, 6.07) is 11.2. The first kappa shape index (κ1) is 14.9. The van der Waals surface area contributed by atoms with Crippen molar-refractivity contribution >= 4 is 56.4 Å². The van der Waals surface area contributed by atoms with Gasteiger partial charge in [-0.05, 0) is 11.6 Å². The molecule has 1 unspecified atom stereocenters. The van der Waals surface area contributed by atoms with Crippen molar-refractivity contribution in [3.05, 3.63) is 56.2 Å². The minimum atomic E-state index is -0.221. The third-order valence-electron chi connectivity index (χ3n) is 2.56. The lowest BCUT2D eigenvalue weighted by atomic mass is 10.1. The van der Waals surface area contributed by atoms with Crippen molar-refractivity contribution in [3.63, 3.8) is 0 Å². The van der Waals surface area contributed by atoms with Gasteiger partial charge >= 0.3 is 0 Å². The number of carbonyl (C=O) groups is 1. The van der Waals surface area contributed by atoms with E-state index in [-0.39, 0.29) is 11.9 Å². The Bertz CT molecular complexity index is 573. The summed E-state index contributed by atoms with van der Waals surface area (Å²) in [4.78, 5) is 12.2. The Kier molecular flexibility index (Phi) is 5.28. The summed E-state index contributed by atoms with van der Waals surface area (Å²) in [7, 11) is 0. The summed E-state index contributed by atoms with van der Waals surface area (Å²) in [6.07, 6.45) is 0. The molecule has 0 aliphatic heterocycles. The average molecular weight is 379 g/mol. The highest BCUT2D eigenvalue weighted by molar-refractivity contribution is 9.09. The number of amides is 1. The standard InChI is InChI=1S/C13H10BrCl2NOS/c14-7-10(8-4-2-1-3-5-8)17-13(18)9-6-11(15)19-12(9)16/h1-6,10H,7H2,(H,17,18). The average Bonchev–Trinajstić information content (AvgIpc) is 2.76. The molecule has 2 aromatic rings. The van der Waals surface area contributed by atoms with Crippen molar-refractivity contribution < 1.29 is 4.79 Å². The molecule has 0 aliphatic rings. The van der Waals surface area contributed by atoms with Crippen LogP contribution < -0.4 is 5.32 Å².